The molecule has 0 spiro atoms. The maximum Gasteiger partial charge on any atom is 0.262 e. The third-order valence-corrected chi connectivity index (χ3v) is 3.83. The van der Waals surface area contributed by atoms with Crippen LogP contribution in [-0.4, -0.2) is 18.8 Å². The highest BCUT2D eigenvalue weighted by molar-refractivity contribution is 6.37. The van der Waals surface area contributed by atoms with Crippen LogP contribution in [0.15, 0.2) is 30.3 Å². The van der Waals surface area contributed by atoms with Gasteiger partial charge in [0.25, 0.3) is 5.91 Å². The molecule has 0 saturated heterocycles. The van der Waals surface area contributed by atoms with Crippen molar-refractivity contribution in [3.05, 3.63) is 56.0 Å². The molecule has 2 aromatic rings. The quantitative estimate of drug-likeness (QED) is 0.717. The number of ether oxygens (including phenoxy) is 1. The van der Waals surface area contributed by atoms with Crippen LogP contribution in [0.25, 0.3) is 0 Å². The fourth-order valence-electron chi connectivity index (χ4n) is 1.70. The summed E-state index contributed by atoms with van der Waals surface area (Å²) < 4.78 is 5.30. The molecule has 1 amide bonds. The van der Waals surface area contributed by atoms with E-state index in [4.69, 9.17) is 51.1 Å². The number of halogens is 4. The van der Waals surface area contributed by atoms with Crippen LogP contribution in [0, 0.1) is 0 Å². The van der Waals surface area contributed by atoms with Gasteiger partial charge in [0.15, 0.2) is 12.4 Å². The number of hydrogen-bond donors (Lipinski definition) is 1. The van der Waals surface area contributed by atoms with Gasteiger partial charge >= 0.3 is 0 Å². The van der Waals surface area contributed by atoms with Crippen molar-refractivity contribution in [3.8, 4) is 5.75 Å². The number of nitrogens with one attached hydrogen (secondary N) is 1. The maximum absolute atomic E-state index is 11.9. The first-order chi connectivity index (χ1) is 10.9. The number of aldehydes is 1. The van der Waals surface area contributed by atoms with E-state index in [1.165, 1.54) is 18.2 Å². The molecule has 2 rings (SSSR count). The van der Waals surface area contributed by atoms with Gasteiger partial charge in [-0.05, 0) is 30.3 Å². The third kappa shape index (κ3) is 4.75. The molecular formula is C15H9Cl4NO3. The number of hydrogen-bond acceptors (Lipinski definition) is 3. The van der Waals surface area contributed by atoms with Crippen molar-refractivity contribution in [2.45, 2.75) is 0 Å². The first-order valence-electron chi connectivity index (χ1n) is 6.22. The summed E-state index contributed by atoms with van der Waals surface area (Å²) in [6.07, 6.45) is 0.607. The van der Waals surface area contributed by atoms with Crippen LogP contribution in [0.5, 0.6) is 5.75 Å². The molecule has 0 aromatic heterocycles. The average Bonchev–Trinajstić information content (AvgIpc) is 2.49. The van der Waals surface area contributed by atoms with Crippen LogP contribution < -0.4 is 10.1 Å². The molecule has 1 N–H and O–H groups in total. The van der Waals surface area contributed by atoms with Crippen LogP contribution >= 0.6 is 46.4 Å². The summed E-state index contributed by atoms with van der Waals surface area (Å²) >= 11 is 23.7. The Morgan fingerprint density at radius 2 is 1.70 bits per heavy atom. The molecule has 0 radical (unpaired) electrons. The van der Waals surface area contributed by atoms with E-state index in [0.717, 1.165) is 0 Å². The van der Waals surface area contributed by atoms with Crippen molar-refractivity contribution in [3.63, 3.8) is 0 Å². The average molecular weight is 393 g/mol. The minimum absolute atomic E-state index is 0.117. The second-order valence-electron chi connectivity index (χ2n) is 4.39. The molecule has 0 fully saturated rings. The Balaban J connectivity index is 2.05. The molecule has 4 nitrogen and oxygen atoms in total. The lowest BCUT2D eigenvalue weighted by Gasteiger charge is -2.11. The Bertz CT molecular complexity index is 741. The van der Waals surface area contributed by atoms with Gasteiger partial charge in [0.1, 0.15) is 6.29 Å². The minimum atomic E-state index is -0.472. The Morgan fingerprint density at radius 3 is 2.30 bits per heavy atom. The number of carbonyl (C=O) groups is 2. The van der Waals surface area contributed by atoms with Gasteiger partial charge in [-0.1, -0.05) is 46.4 Å². The van der Waals surface area contributed by atoms with Crippen LogP contribution in [0.2, 0.25) is 20.1 Å². The topological polar surface area (TPSA) is 55.4 Å². The molecule has 0 aliphatic carbocycles. The largest absolute Gasteiger partial charge is 0.481 e. The Kier molecular flexibility index (Phi) is 6.13. The van der Waals surface area contributed by atoms with Crippen molar-refractivity contribution in [1.29, 1.82) is 0 Å². The highest BCUT2D eigenvalue weighted by atomic mass is 35.5. The Hall–Kier alpha value is -1.46. The monoisotopic (exact) mass is 391 g/mol. The zero-order valence-electron chi connectivity index (χ0n) is 11.4. The van der Waals surface area contributed by atoms with Crippen molar-refractivity contribution in [2.24, 2.45) is 0 Å². The molecule has 0 aliphatic rings. The lowest BCUT2D eigenvalue weighted by molar-refractivity contribution is -0.118. The van der Waals surface area contributed by atoms with E-state index in [-0.39, 0.29) is 22.4 Å². The summed E-state index contributed by atoms with van der Waals surface area (Å²) in [5.41, 5.74) is 0.670. The molecule has 0 unspecified atom stereocenters. The summed E-state index contributed by atoms with van der Waals surface area (Å²) in [5, 5.41) is 3.60. The van der Waals surface area contributed by atoms with Gasteiger partial charge in [-0.2, -0.15) is 0 Å². The lowest BCUT2D eigenvalue weighted by atomic mass is 10.2. The highest BCUT2D eigenvalue weighted by Gasteiger charge is 2.13. The summed E-state index contributed by atoms with van der Waals surface area (Å²) in [6, 6.07) is 7.46. The van der Waals surface area contributed by atoms with E-state index < -0.39 is 5.91 Å². The van der Waals surface area contributed by atoms with Crippen LogP contribution in [-0.2, 0) is 4.79 Å². The van der Waals surface area contributed by atoms with Crippen LogP contribution in [0.4, 0.5) is 5.69 Å². The summed E-state index contributed by atoms with van der Waals surface area (Å²) in [6.45, 7) is -0.345. The SMILES string of the molecule is O=Cc1cc(Cl)c(OCC(=O)Nc2cc(Cl)ccc2Cl)c(Cl)c1. The van der Waals surface area contributed by atoms with Gasteiger partial charge in [-0.25, -0.2) is 0 Å². The predicted octanol–water partition coefficient (Wildman–Crippen LogP) is 5.13. The highest BCUT2D eigenvalue weighted by Crippen LogP contribution is 2.34. The molecule has 120 valence electrons. The van der Waals surface area contributed by atoms with E-state index in [9.17, 15) is 9.59 Å². The molecule has 0 saturated carbocycles. The van der Waals surface area contributed by atoms with Crippen LogP contribution in [0.3, 0.4) is 0 Å². The van der Waals surface area contributed by atoms with E-state index in [1.54, 1.807) is 12.1 Å². The first-order valence-corrected chi connectivity index (χ1v) is 7.74. The number of benzene rings is 2. The fourth-order valence-corrected chi connectivity index (χ4v) is 2.65. The number of amides is 1. The normalized spacial score (nSPS) is 10.3. The lowest BCUT2D eigenvalue weighted by Crippen LogP contribution is -2.20. The second-order valence-corrected chi connectivity index (χ2v) is 6.05. The molecular weight excluding hydrogens is 384 g/mol. The fraction of sp³-hybridized carbons (Fsp3) is 0.0667. The minimum Gasteiger partial charge on any atom is -0.481 e. The molecule has 2 aromatic carbocycles. The van der Waals surface area contributed by atoms with Gasteiger partial charge in [0.05, 0.1) is 20.8 Å². The molecule has 0 atom stereocenters. The van der Waals surface area contributed by atoms with E-state index >= 15 is 0 Å². The zero-order chi connectivity index (χ0) is 17.0. The Morgan fingerprint density at radius 1 is 1.04 bits per heavy atom. The zero-order valence-corrected chi connectivity index (χ0v) is 14.4. The molecule has 23 heavy (non-hydrogen) atoms. The van der Waals surface area contributed by atoms with Crippen molar-refractivity contribution < 1.29 is 14.3 Å². The van der Waals surface area contributed by atoms with Gasteiger partial charge in [0.2, 0.25) is 0 Å². The van der Waals surface area contributed by atoms with E-state index in [2.05, 4.69) is 5.32 Å². The van der Waals surface area contributed by atoms with Gasteiger partial charge < -0.3 is 10.1 Å². The van der Waals surface area contributed by atoms with Crippen LogP contribution in [0.1, 0.15) is 10.4 Å². The third-order valence-electron chi connectivity index (χ3n) is 2.71. The van der Waals surface area contributed by atoms with Crippen molar-refractivity contribution in [2.75, 3.05) is 11.9 Å². The first kappa shape index (κ1) is 17.9. The molecule has 0 bridgehead atoms. The number of carbonyl (C=O) groups excluding carboxylic acids is 2. The smallest absolute Gasteiger partial charge is 0.262 e. The Labute approximate surface area is 152 Å². The van der Waals surface area contributed by atoms with Gasteiger partial charge in [-0.3, -0.25) is 9.59 Å². The summed E-state index contributed by atoms with van der Waals surface area (Å²) in [5.74, 6) is -0.355. The van der Waals surface area contributed by atoms with Crippen molar-refractivity contribution >= 4 is 64.3 Å². The standard InChI is InChI=1S/C15H9Cl4NO3/c16-9-1-2-10(17)13(5-9)20-14(22)7-23-15-11(18)3-8(6-21)4-12(15)19/h1-6H,7H2,(H,20,22). The summed E-state index contributed by atoms with van der Waals surface area (Å²) in [7, 11) is 0. The summed E-state index contributed by atoms with van der Waals surface area (Å²) in [4.78, 5) is 22.6. The van der Waals surface area contributed by atoms with Gasteiger partial charge in [0, 0.05) is 10.6 Å². The van der Waals surface area contributed by atoms with Crippen molar-refractivity contribution in [1.82, 2.24) is 0 Å². The maximum atomic E-state index is 11.9. The molecule has 8 heteroatoms. The van der Waals surface area contributed by atoms with E-state index in [1.807, 2.05) is 0 Å². The van der Waals surface area contributed by atoms with E-state index in [0.29, 0.717) is 27.6 Å². The molecule has 0 heterocycles. The predicted molar refractivity (Wildman–Crippen MR) is 92.4 cm³/mol. The number of rotatable bonds is 5. The van der Waals surface area contributed by atoms with Gasteiger partial charge in [-0.15, -0.1) is 0 Å². The number of anilines is 1. The second kappa shape index (κ2) is 7.88. The molecule has 0 aliphatic heterocycles.